The highest BCUT2D eigenvalue weighted by atomic mass is 16.7. The van der Waals surface area contributed by atoms with E-state index >= 15 is 0 Å². The molecule has 0 aromatic rings. The summed E-state index contributed by atoms with van der Waals surface area (Å²) in [6.45, 7) is 14.6. The van der Waals surface area contributed by atoms with Gasteiger partial charge in [-0.25, -0.2) is 0 Å². The van der Waals surface area contributed by atoms with Crippen molar-refractivity contribution in [1.29, 1.82) is 0 Å². The monoisotopic (exact) mass is 546 g/mol. The van der Waals surface area contributed by atoms with Gasteiger partial charge >= 0.3 is 5.97 Å². The number of aliphatic hydroxyl groups excluding tert-OH is 3. The fourth-order valence-electron chi connectivity index (χ4n) is 6.11. The summed E-state index contributed by atoms with van der Waals surface area (Å²) in [5.41, 5.74) is -3.24. The third-order valence-corrected chi connectivity index (χ3v) is 8.82. The highest BCUT2D eigenvalue weighted by molar-refractivity contribution is 5.83. The molecule has 2 fully saturated rings. The van der Waals surface area contributed by atoms with Crippen molar-refractivity contribution in [3.05, 3.63) is 0 Å². The lowest BCUT2D eigenvalue weighted by molar-refractivity contribution is -0.295. The predicted molar refractivity (Wildman–Crippen MR) is 139 cm³/mol. The van der Waals surface area contributed by atoms with E-state index in [0.717, 1.165) is 0 Å². The van der Waals surface area contributed by atoms with Gasteiger partial charge in [0.2, 0.25) is 0 Å². The third-order valence-electron chi connectivity index (χ3n) is 8.82. The van der Waals surface area contributed by atoms with Gasteiger partial charge in [-0.3, -0.25) is 9.59 Å². The maximum Gasteiger partial charge on any atom is 0.311 e. The van der Waals surface area contributed by atoms with Gasteiger partial charge in [0.05, 0.1) is 41.5 Å². The molecule has 0 saturated carbocycles. The lowest BCUT2D eigenvalue weighted by Crippen LogP contribution is -2.57. The van der Waals surface area contributed by atoms with Gasteiger partial charge < -0.3 is 39.7 Å². The Hall–Kier alpha value is -1.14. The predicted octanol–water partition coefficient (Wildman–Crippen LogP) is 1.57. The van der Waals surface area contributed by atoms with Crippen LogP contribution in [0, 0.1) is 29.6 Å². The lowest BCUT2D eigenvalue weighted by Gasteiger charge is -2.45. The summed E-state index contributed by atoms with van der Waals surface area (Å²) in [6, 6.07) is 0. The fourth-order valence-corrected chi connectivity index (χ4v) is 6.11. The molecular weight excluding hydrogens is 496 g/mol. The number of carbonyl (C=O) groups is 2. The van der Waals surface area contributed by atoms with Crippen LogP contribution < -0.4 is 0 Å². The standard InChI is InChI=1S/C28H50O10/c1-10-19-14(3)22(30)15(4)21(29)13(2)11-27(8,34)24(31)16(5)23(17(6)26(33)37-19)38-20-12-28(9,35)25(32)18(7)36-20/h13-20,22-25,30-32,34-35H,10-12H2,1-9H3/t13-,14+,15+,16+,17-,18-,19-,20?,22+,23+,24-,25+,27-,28-/m1/s1. The Kier molecular flexibility index (Phi) is 10.9. The zero-order chi connectivity index (χ0) is 29.3. The molecule has 0 aromatic carbocycles. The van der Waals surface area contributed by atoms with Gasteiger partial charge in [0, 0.05) is 30.1 Å². The van der Waals surface area contributed by atoms with E-state index in [4.69, 9.17) is 14.2 Å². The Labute approximate surface area is 226 Å². The second-order valence-electron chi connectivity index (χ2n) is 12.4. The third kappa shape index (κ3) is 7.13. The number of aliphatic hydroxyl groups is 5. The van der Waals surface area contributed by atoms with Crippen LogP contribution in [0.2, 0.25) is 0 Å². The number of Topliss-reactive ketones (excluding diaryl/α,β-unsaturated/α-hetero) is 1. The number of rotatable bonds is 3. The van der Waals surface area contributed by atoms with Crippen LogP contribution in [0.1, 0.15) is 81.6 Å². The molecule has 14 atom stereocenters. The van der Waals surface area contributed by atoms with E-state index in [1.54, 1.807) is 41.5 Å². The minimum Gasteiger partial charge on any atom is -0.462 e. The van der Waals surface area contributed by atoms with Crippen molar-refractivity contribution < 1.29 is 49.3 Å². The van der Waals surface area contributed by atoms with Crippen molar-refractivity contribution in [2.45, 2.75) is 136 Å². The number of esters is 1. The average molecular weight is 547 g/mol. The number of carbonyl (C=O) groups excluding carboxylic acids is 2. The van der Waals surface area contributed by atoms with Crippen LogP contribution in [0.3, 0.4) is 0 Å². The van der Waals surface area contributed by atoms with Crippen molar-refractivity contribution >= 4 is 11.8 Å². The number of hydrogen-bond donors (Lipinski definition) is 5. The van der Waals surface area contributed by atoms with Crippen LogP contribution in [0.15, 0.2) is 0 Å². The van der Waals surface area contributed by atoms with Crippen molar-refractivity contribution in [3.8, 4) is 0 Å². The fraction of sp³-hybridized carbons (Fsp3) is 0.929. The first kappa shape index (κ1) is 33.1. The molecule has 222 valence electrons. The molecule has 2 aliphatic heterocycles. The van der Waals surface area contributed by atoms with E-state index < -0.39 is 89.7 Å². The summed E-state index contributed by atoms with van der Waals surface area (Å²) < 4.78 is 17.8. The van der Waals surface area contributed by atoms with Gasteiger partial charge in [-0.15, -0.1) is 0 Å². The van der Waals surface area contributed by atoms with Crippen LogP contribution in [-0.2, 0) is 23.8 Å². The smallest absolute Gasteiger partial charge is 0.311 e. The van der Waals surface area contributed by atoms with E-state index in [2.05, 4.69) is 0 Å². The first-order chi connectivity index (χ1) is 17.3. The molecule has 0 radical (unpaired) electrons. The topological polar surface area (TPSA) is 163 Å². The van der Waals surface area contributed by atoms with Crippen molar-refractivity contribution in [1.82, 2.24) is 0 Å². The summed E-state index contributed by atoms with van der Waals surface area (Å²) in [5.74, 6) is -4.59. The minimum absolute atomic E-state index is 0.0661. The first-order valence-electron chi connectivity index (χ1n) is 13.9. The van der Waals surface area contributed by atoms with Crippen LogP contribution in [0.5, 0.6) is 0 Å². The number of cyclic esters (lactones) is 1. The maximum atomic E-state index is 13.4. The lowest BCUT2D eigenvalue weighted by atomic mass is 9.75. The minimum atomic E-state index is -1.73. The van der Waals surface area contributed by atoms with Crippen molar-refractivity contribution in [2.24, 2.45) is 29.6 Å². The highest BCUT2D eigenvalue weighted by Gasteiger charge is 2.49. The normalized spacial score (nSPS) is 50.3. The molecule has 10 heteroatoms. The summed E-state index contributed by atoms with van der Waals surface area (Å²) in [6.07, 6.45) is -6.81. The Morgan fingerprint density at radius 1 is 0.868 bits per heavy atom. The quantitative estimate of drug-likeness (QED) is 0.328. The number of ketones is 1. The van der Waals surface area contributed by atoms with Gasteiger partial charge in [-0.05, 0) is 40.5 Å². The zero-order valence-electron chi connectivity index (χ0n) is 24.3. The van der Waals surface area contributed by atoms with Crippen LogP contribution in [0.4, 0.5) is 0 Å². The molecule has 38 heavy (non-hydrogen) atoms. The zero-order valence-corrected chi connectivity index (χ0v) is 24.3. The Morgan fingerprint density at radius 3 is 1.95 bits per heavy atom. The van der Waals surface area contributed by atoms with Crippen LogP contribution >= 0.6 is 0 Å². The second-order valence-corrected chi connectivity index (χ2v) is 12.4. The molecule has 5 N–H and O–H groups in total. The van der Waals surface area contributed by atoms with E-state index in [1.165, 1.54) is 13.8 Å². The van der Waals surface area contributed by atoms with Gasteiger partial charge in [0.1, 0.15) is 18.0 Å². The molecule has 1 unspecified atom stereocenters. The van der Waals surface area contributed by atoms with E-state index in [-0.39, 0.29) is 18.6 Å². The second kappa shape index (κ2) is 12.6. The molecule has 2 aliphatic rings. The molecule has 0 amide bonds. The molecular formula is C28H50O10. The summed E-state index contributed by atoms with van der Waals surface area (Å²) in [5, 5.41) is 54.5. The SMILES string of the molecule is CC[C@H]1OC(=O)[C@H](C)[C@@H](OC2C[C@@](C)(O)[C@@H](O)[C@@H](C)O2)[C@H](C)[C@@H](O)[C@](C)(O)C[C@@H](C)C(=O)[C@H](C)[C@@H](O)[C@H]1C. The Morgan fingerprint density at radius 2 is 1.42 bits per heavy atom. The highest BCUT2D eigenvalue weighted by Crippen LogP contribution is 2.37. The molecule has 10 nitrogen and oxygen atoms in total. The molecule has 2 rings (SSSR count). The van der Waals surface area contributed by atoms with Gasteiger partial charge in [-0.1, -0.05) is 34.6 Å². The van der Waals surface area contributed by atoms with E-state index in [0.29, 0.717) is 6.42 Å². The molecule has 0 aromatic heterocycles. The van der Waals surface area contributed by atoms with Gasteiger partial charge in [-0.2, -0.15) is 0 Å². The van der Waals surface area contributed by atoms with Gasteiger partial charge in [0.15, 0.2) is 6.29 Å². The van der Waals surface area contributed by atoms with Crippen LogP contribution in [0.25, 0.3) is 0 Å². The largest absolute Gasteiger partial charge is 0.462 e. The summed E-state index contributed by atoms with van der Waals surface area (Å²) >= 11 is 0. The van der Waals surface area contributed by atoms with E-state index in [1.807, 2.05) is 6.92 Å². The van der Waals surface area contributed by atoms with Crippen molar-refractivity contribution in [2.75, 3.05) is 0 Å². The van der Waals surface area contributed by atoms with Gasteiger partial charge in [0.25, 0.3) is 0 Å². The maximum absolute atomic E-state index is 13.4. The Balaban J connectivity index is 2.49. The summed E-state index contributed by atoms with van der Waals surface area (Å²) in [7, 11) is 0. The molecule has 0 bridgehead atoms. The van der Waals surface area contributed by atoms with Crippen molar-refractivity contribution in [3.63, 3.8) is 0 Å². The first-order valence-corrected chi connectivity index (χ1v) is 13.9. The van der Waals surface area contributed by atoms with Crippen LogP contribution in [-0.4, -0.2) is 91.4 Å². The average Bonchev–Trinajstić information content (AvgIpc) is 2.84. The van der Waals surface area contributed by atoms with E-state index in [9.17, 15) is 35.1 Å². The Bertz CT molecular complexity index is 813. The molecule has 2 saturated heterocycles. The molecule has 0 spiro atoms. The molecule has 2 heterocycles. The number of hydrogen-bond acceptors (Lipinski definition) is 10. The number of ether oxygens (including phenoxy) is 3. The molecule has 0 aliphatic carbocycles. The summed E-state index contributed by atoms with van der Waals surface area (Å²) in [4.78, 5) is 26.5.